The van der Waals surface area contributed by atoms with Crippen LogP contribution in [0.4, 0.5) is 0 Å². The Morgan fingerprint density at radius 3 is 2.74 bits per heavy atom. The summed E-state index contributed by atoms with van der Waals surface area (Å²) in [5, 5.41) is 0. The van der Waals surface area contributed by atoms with Crippen LogP contribution in [-0.4, -0.2) is 44.8 Å². The molecule has 0 aliphatic carbocycles. The number of likely N-dealkylation sites (tertiary alicyclic amines) is 1. The molecule has 5 heteroatoms. The van der Waals surface area contributed by atoms with E-state index in [1.165, 1.54) is 17.5 Å². The van der Waals surface area contributed by atoms with Crippen molar-refractivity contribution in [2.75, 3.05) is 13.1 Å². The Morgan fingerprint density at radius 1 is 1.26 bits per heavy atom. The number of hydrogen-bond donors (Lipinski definition) is 0. The van der Waals surface area contributed by atoms with Gasteiger partial charge in [0.1, 0.15) is 6.33 Å². The molecule has 5 nitrogen and oxygen atoms in total. The summed E-state index contributed by atoms with van der Waals surface area (Å²) < 4.78 is 0. The molecule has 27 heavy (non-hydrogen) atoms. The molecule has 0 radical (unpaired) electrons. The van der Waals surface area contributed by atoms with E-state index in [1.54, 1.807) is 19.3 Å². The molecule has 1 aliphatic heterocycles. The van der Waals surface area contributed by atoms with Crippen LogP contribution in [0.3, 0.4) is 0 Å². The van der Waals surface area contributed by atoms with E-state index >= 15 is 0 Å². The first-order chi connectivity index (χ1) is 13.0. The molecule has 2 atom stereocenters. The Bertz CT molecular complexity index is 749. The van der Waals surface area contributed by atoms with E-state index in [9.17, 15) is 4.79 Å². The highest BCUT2D eigenvalue weighted by Crippen LogP contribution is 2.26. The average molecular weight is 367 g/mol. The summed E-state index contributed by atoms with van der Waals surface area (Å²) in [5.41, 5.74) is 3.67. The molecule has 1 fully saturated rings. The molecule has 144 valence electrons. The Hall–Kier alpha value is -2.27. The molecule has 1 saturated heterocycles. The molecular weight excluding hydrogens is 336 g/mol. The van der Waals surface area contributed by atoms with Crippen molar-refractivity contribution >= 4 is 5.91 Å². The highest BCUT2D eigenvalue weighted by atomic mass is 16.2. The monoisotopic (exact) mass is 366 g/mol. The van der Waals surface area contributed by atoms with E-state index < -0.39 is 0 Å². The number of carbonyl (C=O) groups is 1. The second-order valence-electron chi connectivity index (χ2n) is 7.60. The third-order valence-corrected chi connectivity index (χ3v) is 5.62. The molecule has 3 rings (SSSR count). The van der Waals surface area contributed by atoms with Gasteiger partial charge in [-0.15, -0.1) is 0 Å². The summed E-state index contributed by atoms with van der Waals surface area (Å²) in [4.78, 5) is 25.0. The van der Waals surface area contributed by atoms with Gasteiger partial charge in [0.15, 0.2) is 0 Å². The minimum atomic E-state index is 0.129. The summed E-state index contributed by atoms with van der Waals surface area (Å²) in [7, 11) is 0. The largest absolute Gasteiger partial charge is 0.335 e. The third kappa shape index (κ3) is 5.13. The van der Waals surface area contributed by atoms with E-state index in [-0.39, 0.29) is 11.9 Å². The Labute approximate surface area is 162 Å². The number of aryl methyl sites for hydroxylation is 1. The van der Waals surface area contributed by atoms with Gasteiger partial charge in [-0.1, -0.05) is 29.8 Å². The highest BCUT2D eigenvalue weighted by Gasteiger charge is 2.26. The Kier molecular flexibility index (Phi) is 6.56. The summed E-state index contributed by atoms with van der Waals surface area (Å²) in [5.74, 6) is 0.129. The lowest BCUT2D eigenvalue weighted by Crippen LogP contribution is -2.39. The number of amides is 1. The first kappa shape index (κ1) is 19.5. The number of hydrogen-bond acceptors (Lipinski definition) is 4. The first-order valence-electron chi connectivity index (χ1n) is 9.86. The van der Waals surface area contributed by atoms with E-state index in [0.29, 0.717) is 12.6 Å². The second-order valence-corrected chi connectivity index (χ2v) is 7.60. The van der Waals surface area contributed by atoms with Crippen molar-refractivity contribution in [1.29, 1.82) is 0 Å². The van der Waals surface area contributed by atoms with Crippen LogP contribution in [0.5, 0.6) is 0 Å². The van der Waals surface area contributed by atoms with Crippen LogP contribution >= 0.6 is 0 Å². The summed E-state index contributed by atoms with van der Waals surface area (Å²) in [6.07, 6.45) is 8.28. The van der Waals surface area contributed by atoms with Gasteiger partial charge < -0.3 is 4.90 Å². The minimum Gasteiger partial charge on any atom is -0.335 e. The highest BCUT2D eigenvalue weighted by molar-refractivity contribution is 5.73. The zero-order chi connectivity index (χ0) is 19.2. The quantitative estimate of drug-likeness (QED) is 0.809. The van der Waals surface area contributed by atoms with Gasteiger partial charge in [-0.05, 0) is 45.2 Å². The zero-order valence-electron chi connectivity index (χ0n) is 16.6. The van der Waals surface area contributed by atoms with Crippen LogP contribution < -0.4 is 0 Å². The molecule has 0 unspecified atom stereocenters. The topological polar surface area (TPSA) is 49.3 Å². The molecule has 0 saturated carbocycles. The molecule has 1 aliphatic rings. The molecule has 0 bridgehead atoms. The number of nitrogens with zero attached hydrogens (tertiary/aromatic N) is 4. The maximum atomic E-state index is 12.3. The smallest absolute Gasteiger partial charge is 0.219 e. The van der Waals surface area contributed by atoms with Crippen LogP contribution in [0.25, 0.3) is 0 Å². The third-order valence-electron chi connectivity index (χ3n) is 5.62. The lowest BCUT2D eigenvalue weighted by molar-refractivity contribution is -0.132. The van der Waals surface area contributed by atoms with Gasteiger partial charge in [-0.25, -0.2) is 9.97 Å². The Balaban J connectivity index is 1.66. The lowest BCUT2D eigenvalue weighted by atomic mass is 10.0. The fraction of sp³-hybridized carbons (Fsp3) is 0.500. The maximum Gasteiger partial charge on any atom is 0.219 e. The van der Waals surface area contributed by atoms with Crippen LogP contribution in [0.1, 0.15) is 55.8 Å². The number of carbonyl (C=O) groups excluding carboxylic acids is 1. The SMILES string of the molecule is CC(=O)N(Cc1cncnc1)[C@@H]1CCCN([C@H](C)c2cccc(C)c2)CC1. The molecule has 1 aromatic carbocycles. The number of benzene rings is 1. The van der Waals surface area contributed by atoms with Gasteiger partial charge >= 0.3 is 0 Å². The lowest BCUT2D eigenvalue weighted by Gasteiger charge is -2.31. The van der Waals surface area contributed by atoms with Gasteiger partial charge in [-0.3, -0.25) is 9.69 Å². The standard InChI is InChI=1S/C22H30N4O/c1-17-6-4-7-21(12-17)18(2)25-10-5-8-22(9-11-25)26(19(3)27)15-20-13-23-16-24-14-20/h4,6-7,12-14,16,18,22H,5,8-11,15H2,1-3H3/t18-,22-/m1/s1. The molecule has 1 amide bonds. The number of rotatable bonds is 5. The fourth-order valence-electron chi connectivity index (χ4n) is 4.05. The zero-order valence-corrected chi connectivity index (χ0v) is 16.6. The molecule has 2 heterocycles. The van der Waals surface area contributed by atoms with Crippen molar-refractivity contribution in [2.24, 2.45) is 0 Å². The molecule has 2 aromatic rings. The maximum absolute atomic E-state index is 12.3. The van der Waals surface area contributed by atoms with Crippen LogP contribution in [0, 0.1) is 6.92 Å². The van der Waals surface area contributed by atoms with Crippen LogP contribution in [0.2, 0.25) is 0 Å². The summed E-state index contributed by atoms with van der Waals surface area (Å²) in [6, 6.07) is 9.46. The molecule has 1 aromatic heterocycles. The summed E-state index contributed by atoms with van der Waals surface area (Å²) >= 11 is 0. The van der Waals surface area contributed by atoms with E-state index in [1.807, 2.05) is 4.90 Å². The number of aromatic nitrogens is 2. The fourth-order valence-corrected chi connectivity index (χ4v) is 4.05. The van der Waals surface area contributed by atoms with E-state index in [0.717, 1.165) is 37.9 Å². The first-order valence-corrected chi connectivity index (χ1v) is 9.86. The van der Waals surface area contributed by atoms with E-state index in [2.05, 4.69) is 53.0 Å². The normalized spacial score (nSPS) is 19.3. The van der Waals surface area contributed by atoms with Crippen LogP contribution in [-0.2, 0) is 11.3 Å². The van der Waals surface area contributed by atoms with Crippen molar-refractivity contribution < 1.29 is 4.79 Å². The summed E-state index contributed by atoms with van der Waals surface area (Å²) in [6.45, 7) is 8.78. The van der Waals surface area contributed by atoms with E-state index in [4.69, 9.17) is 0 Å². The minimum absolute atomic E-state index is 0.129. The van der Waals surface area contributed by atoms with Crippen LogP contribution in [0.15, 0.2) is 43.0 Å². The van der Waals surface area contributed by atoms with Gasteiger partial charge in [0.25, 0.3) is 0 Å². The van der Waals surface area contributed by atoms with Crippen molar-refractivity contribution in [2.45, 2.75) is 58.7 Å². The van der Waals surface area contributed by atoms with Gasteiger partial charge in [-0.2, -0.15) is 0 Å². The average Bonchev–Trinajstić information content (AvgIpc) is 2.92. The predicted molar refractivity (Wildman–Crippen MR) is 107 cm³/mol. The van der Waals surface area contributed by atoms with Crippen molar-refractivity contribution in [1.82, 2.24) is 19.8 Å². The second kappa shape index (κ2) is 9.09. The predicted octanol–water partition coefficient (Wildman–Crippen LogP) is 3.75. The molecule has 0 spiro atoms. The van der Waals surface area contributed by atoms with Gasteiger partial charge in [0.2, 0.25) is 5.91 Å². The van der Waals surface area contributed by atoms with Gasteiger partial charge in [0, 0.05) is 50.1 Å². The molecular formula is C22H30N4O. The Morgan fingerprint density at radius 2 is 2.04 bits per heavy atom. The van der Waals surface area contributed by atoms with Crippen molar-refractivity contribution in [3.63, 3.8) is 0 Å². The van der Waals surface area contributed by atoms with Crippen molar-refractivity contribution in [3.8, 4) is 0 Å². The molecule has 0 N–H and O–H groups in total. The van der Waals surface area contributed by atoms with Crippen molar-refractivity contribution in [3.05, 3.63) is 59.7 Å². The van der Waals surface area contributed by atoms with Gasteiger partial charge in [0.05, 0.1) is 0 Å².